The van der Waals surface area contributed by atoms with Gasteiger partial charge in [-0.3, -0.25) is 0 Å². The summed E-state index contributed by atoms with van der Waals surface area (Å²) in [5.74, 6) is -0.913. The van der Waals surface area contributed by atoms with E-state index in [0.29, 0.717) is 5.57 Å². The van der Waals surface area contributed by atoms with Crippen molar-refractivity contribution in [3.05, 3.63) is 64.7 Å². The maximum Gasteiger partial charge on any atom is 0.336 e. The van der Waals surface area contributed by atoms with Crippen molar-refractivity contribution >= 4 is 23.3 Å². The van der Waals surface area contributed by atoms with Gasteiger partial charge < -0.3 is 10.0 Å². The number of aryl methyl sites for hydroxylation is 2. The van der Waals surface area contributed by atoms with Crippen molar-refractivity contribution < 1.29 is 9.90 Å². The molecule has 2 aromatic carbocycles. The fourth-order valence-corrected chi connectivity index (χ4v) is 2.41. The Morgan fingerprint density at radius 2 is 1.68 bits per heavy atom. The molecule has 0 saturated carbocycles. The first-order valence-corrected chi connectivity index (χ1v) is 7.18. The number of rotatable bonds is 4. The first kappa shape index (κ1) is 15.8. The Hall–Kier alpha value is -2.55. The number of benzene rings is 2. The topological polar surface area (TPSA) is 40.5 Å². The van der Waals surface area contributed by atoms with E-state index in [1.165, 1.54) is 0 Å². The zero-order valence-electron chi connectivity index (χ0n) is 13.4. The molecule has 0 aromatic heterocycles. The summed E-state index contributed by atoms with van der Waals surface area (Å²) in [5.41, 5.74) is 5.13. The Bertz CT molecular complexity index is 713. The number of hydrogen-bond acceptors (Lipinski definition) is 2. The molecule has 0 amide bonds. The van der Waals surface area contributed by atoms with Gasteiger partial charge in [0.2, 0.25) is 0 Å². The zero-order chi connectivity index (χ0) is 16.3. The Morgan fingerprint density at radius 3 is 2.18 bits per heavy atom. The SMILES string of the molecule is Cc1ccc(/C(=C/c2ccc(N(C)C)cc2)C(=O)O)c(C)c1. The van der Waals surface area contributed by atoms with Gasteiger partial charge >= 0.3 is 5.97 Å². The second-order valence-electron chi connectivity index (χ2n) is 5.67. The summed E-state index contributed by atoms with van der Waals surface area (Å²) in [5, 5.41) is 9.55. The summed E-state index contributed by atoms with van der Waals surface area (Å²) in [4.78, 5) is 13.6. The van der Waals surface area contributed by atoms with Crippen LogP contribution in [-0.4, -0.2) is 25.2 Å². The lowest BCUT2D eigenvalue weighted by molar-refractivity contribution is -0.130. The van der Waals surface area contributed by atoms with Crippen LogP contribution in [0.4, 0.5) is 5.69 Å². The molecular formula is C19H21NO2. The van der Waals surface area contributed by atoms with Crippen LogP contribution in [0.15, 0.2) is 42.5 Å². The van der Waals surface area contributed by atoms with Crippen molar-refractivity contribution in [2.24, 2.45) is 0 Å². The molecule has 0 spiro atoms. The summed E-state index contributed by atoms with van der Waals surface area (Å²) in [6, 6.07) is 13.6. The number of carboxylic acid groups (broad SMARTS) is 1. The predicted molar refractivity (Wildman–Crippen MR) is 92.2 cm³/mol. The molecule has 3 nitrogen and oxygen atoms in total. The largest absolute Gasteiger partial charge is 0.478 e. The van der Waals surface area contributed by atoms with Crippen LogP contribution in [-0.2, 0) is 4.79 Å². The molecular weight excluding hydrogens is 274 g/mol. The highest BCUT2D eigenvalue weighted by Gasteiger charge is 2.13. The molecule has 0 aliphatic heterocycles. The maximum atomic E-state index is 11.6. The Kier molecular flexibility index (Phi) is 4.66. The zero-order valence-corrected chi connectivity index (χ0v) is 13.4. The molecule has 0 saturated heterocycles. The molecule has 0 heterocycles. The average molecular weight is 295 g/mol. The molecule has 0 radical (unpaired) electrons. The van der Waals surface area contributed by atoms with Crippen molar-refractivity contribution in [2.75, 3.05) is 19.0 Å². The Morgan fingerprint density at radius 1 is 1.05 bits per heavy atom. The number of aliphatic carboxylic acids is 1. The van der Waals surface area contributed by atoms with E-state index >= 15 is 0 Å². The molecule has 2 aromatic rings. The van der Waals surface area contributed by atoms with E-state index in [9.17, 15) is 9.90 Å². The monoisotopic (exact) mass is 295 g/mol. The number of carbonyl (C=O) groups is 1. The van der Waals surface area contributed by atoms with Crippen LogP contribution < -0.4 is 4.90 Å². The second kappa shape index (κ2) is 6.48. The Labute approximate surface area is 131 Å². The lowest BCUT2D eigenvalue weighted by Crippen LogP contribution is -2.08. The molecule has 3 heteroatoms. The van der Waals surface area contributed by atoms with Gasteiger partial charge in [-0.05, 0) is 48.7 Å². The van der Waals surface area contributed by atoms with Crippen LogP contribution in [0.25, 0.3) is 11.6 Å². The standard InChI is InChI=1S/C19H21NO2/c1-13-5-10-17(14(2)11-13)18(19(21)22)12-15-6-8-16(9-7-15)20(3)4/h5-12H,1-4H3,(H,21,22)/b18-12-. The molecule has 0 unspecified atom stereocenters. The fourth-order valence-electron chi connectivity index (χ4n) is 2.41. The molecule has 0 aliphatic carbocycles. The van der Waals surface area contributed by atoms with Gasteiger partial charge in [0.15, 0.2) is 0 Å². The van der Waals surface area contributed by atoms with E-state index in [1.54, 1.807) is 6.08 Å². The third kappa shape index (κ3) is 3.55. The summed E-state index contributed by atoms with van der Waals surface area (Å²) in [7, 11) is 3.95. The van der Waals surface area contributed by atoms with E-state index in [0.717, 1.165) is 27.9 Å². The first-order valence-electron chi connectivity index (χ1n) is 7.18. The third-order valence-corrected chi connectivity index (χ3v) is 3.62. The van der Waals surface area contributed by atoms with Crippen LogP contribution in [0, 0.1) is 13.8 Å². The quantitative estimate of drug-likeness (QED) is 0.685. The van der Waals surface area contributed by atoms with Crippen LogP contribution in [0.5, 0.6) is 0 Å². The highest BCUT2D eigenvalue weighted by Crippen LogP contribution is 2.24. The van der Waals surface area contributed by atoms with Crippen molar-refractivity contribution in [3.63, 3.8) is 0 Å². The average Bonchev–Trinajstić information content (AvgIpc) is 2.45. The van der Waals surface area contributed by atoms with Gasteiger partial charge in [0.1, 0.15) is 0 Å². The fraction of sp³-hybridized carbons (Fsp3) is 0.211. The number of anilines is 1. The molecule has 114 valence electrons. The second-order valence-corrected chi connectivity index (χ2v) is 5.67. The van der Waals surface area contributed by atoms with Crippen LogP contribution in [0.3, 0.4) is 0 Å². The summed E-state index contributed by atoms with van der Waals surface area (Å²) >= 11 is 0. The lowest BCUT2D eigenvalue weighted by Gasteiger charge is -2.12. The Balaban J connectivity index is 2.45. The minimum atomic E-state index is -0.913. The lowest BCUT2D eigenvalue weighted by atomic mass is 9.97. The maximum absolute atomic E-state index is 11.6. The third-order valence-electron chi connectivity index (χ3n) is 3.62. The van der Waals surface area contributed by atoms with Gasteiger partial charge in [0.05, 0.1) is 5.57 Å². The number of nitrogens with zero attached hydrogens (tertiary/aromatic N) is 1. The van der Waals surface area contributed by atoms with E-state index in [1.807, 2.05) is 75.3 Å². The van der Waals surface area contributed by atoms with E-state index < -0.39 is 5.97 Å². The van der Waals surface area contributed by atoms with Crippen molar-refractivity contribution in [1.82, 2.24) is 0 Å². The molecule has 22 heavy (non-hydrogen) atoms. The summed E-state index contributed by atoms with van der Waals surface area (Å²) in [6.07, 6.45) is 1.72. The molecule has 1 N–H and O–H groups in total. The highest BCUT2D eigenvalue weighted by molar-refractivity contribution is 6.21. The first-order chi connectivity index (χ1) is 10.4. The number of hydrogen-bond donors (Lipinski definition) is 1. The van der Waals surface area contributed by atoms with E-state index in [-0.39, 0.29) is 0 Å². The minimum Gasteiger partial charge on any atom is -0.478 e. The van der Waals surface area contributed by atoms with Gasteiger partial charge in [-0.2, -0.15) is 0 Å². The molecule has 2 rings (SSSR count). The van der Waals surface area contributed by atoms with Gasteiger partial charge in [-0.15, -0.1) is 0 Å². The van der Waals surface area contributed by atoms with E-state index in [4.69, 9.17) is 0 Å². The predicted octanol–water partition coefficient (Wildman–Crippen LogP) is 3.99. The van der Waals surface area contributed by atoms with Gasteiger partial charge in [0, 0.05) is 19.8 Å². The van der Waals surface area contributed by atoms with Crippen LogP contribution in [0.2, 0.25) is 0 Å². The number of carboxylic acids is 1. The molecule has 0 bridgehead atoms. The molecule has 0 aliphatic rings. The molecule has 0 atom stereocenters. The van der Waals surface area contributed by atoms with Crippen molar-refractivity contribution in [2.45, 2.75) is 13.8 Å². The molecule has 0 fully saturated rings. The van der Waals surface area contributed by atoms with E-state index in [2.05, 4.69) is 0 Å². The van der Waals surface area contributed by atoms with Gasteiger partial charge in [-0.1, -0.05) is 35.9 Å². The minimum absolute atomic E-state index is 0.315. The van der Waals surface area contributed by atoms with Crippen molar-refractivity contribution in [1.29, 1.82) is 0 Å². The summed E-state index contributed by atoms with van der Waals surface area (Å²) in [6.45, 7) is 3.94. The highest BCUT2D eigenvalue weighted by atomic mass is 16.4. The van der Waals surface area contributed by atoms with Crippen LogP contribution in [0.1, 0.15) is 22.3 Å². The smallest absolute Gasteiger partial charge is 0.336 e. The van der Waals surface area contributed by atoms with Crippen LogP contribution >= 0.6 is 0 Å². The van der Waals surface area contributed by atoms with Gasteiger partial charge in [0.25, 0.3) is 0 Å². The van der Waals surface area contributed by atoms with Crippen molar-refractivity contribution in [3.8, 4) is 0 Å². The van der Waals surface area contributed by atoms with Gasteiger partial charge in [-0.25, -0.2) is 4.79 Å². The normalized spacial score (nSPS) is 11.4. The summed E-state index contributed by atoms with van der Waals surface area (Å²) < 4.78 is 0.